The van der Waals surface area contributed by atoms with E-state index in [1.807, 2.05) is 18.2 Å². The molecular weight excluding hydrogens is 713 g/mol. The molecule has 4 heterocycles. The van der Waals surface area contributed by atoms with Gasteiger partial charge in [-0.3, -0.25) is 24.6 Å². The van der Waals surface area contributed by atoms with E-state index in [0.717, 1.165) is 82.7 Å². The molecule has 0 radical (unpaired) electrons. The van der Waals surface area contributed by atoms with Crippen molar-refractivity contribution in [2.24, 2.45) is 17.8 Å². The second-order valence-electron chi connectivity index (χ2n) is 17.3. The third kappa shape index (κ3) is 7.39. The maximum absolute atomic E-state index is 14.1. The largest absolute Gasteiger partial charge is 0.508 e. The summed E-state index contributed by atoms with van der Waals surface area (Å²) < 4.78 is 28.3. The van der Waals surface area contributed by atoms with Crippen molar-refractivity contribution >= 4 is 29.1 Å². The highest BCUT2D eigenvalue weighted by Crippen LogP contribution is 2.50. The van der Waals surface area contributed by atoms with Crippen LogP contribution in [-0.4, -0.2) is 90.4 Å². The minimum absolute atomic E-state index is 0.0102. The van der Waals surface area contributed by atoms with Crippen LogP contribution in [0, 0.1) is 17.8 Å². The molecule has 1 unspecified atom stereocenters. The second-order valence-corrected chi connectivity index (χ2v) is 17.3. The normalized spacial score (nSPS) is 26.3. The number of alkyl halides is 2. The van der Waals surface area contributed by atoms with E-state index in [2.05, 4.69) is 56.4 Å². The average Bonchev–Trinajstić information content (AvgIpc) is 3.53. The fraction of sp³-hybridized carbons (Fsp3) is 0.533. The molecule has 2 aliphatic carbocycles. The Hall–Kier alpha value is -4.51. The molecule has 9 nitrogen and oxygen atoms in total. The topological polar surface area (TPSA) is 96.4 Å². The Labute approximate surface area is 328 Å². The number of piperazine rings is 1. The van der Waals surface area contributed by atoms with E-state index < -0.39 is 12.0 Å². The molecule has 2 N–H and O–H groups in total. The standard InChI is InChI=1S/C45H53F2N5O4/c46-45(47)17-13-30(14-18-45)37-8-3-32-26-36(53)7-10-38(32)42(37)31-1-4-34(5-2-31)50-19-15-29(16-20-50)27-49-21-23-51(24-22-49)35-6-9-39-33(25-35)28-52(44(39)56)40-11-12-41(54)48-43(40)55/h1-2,4-7,9-10,25-26,29-30,37,40,42,53H,3,8,11-24,27-28H2,(H,48,54,55)/t37-,40?,42+/m1/s1. The number of carbonyl (C=O) groups excluding carboxylic acids is 3. The maximum atomic E-state index is 14.1. The third-order valence-corrected chi connectivity index (χ3v) is 14.0. The van der Waals surface area contributed by atoms with Crippen LogP contribution in [0.3, 0.4) is 0 Å². The van der Waals surface area contributed by atoms with Gasteiger partial charge in [-0.25, -0.2) is 8.78 Å². The van der Waals surface area contributed by atoms with E-state index in [1.165, 1.54) is 22.4 Å². The number of imide groups is 1. The molecular formula is C45H53F2N5O4. The first-order chi connectivity index (χ1) is 27.1. The number of nitrogens with zero attached hydrogens (tertiary/aromatic N) is 4. The first-order valence-electron chi connectivity index (χ1n) is 20.9. The Morgan fingerprint density at radius 2 is 1.45 bits per heavy atom. The van der Waals surface area contributed by atoms with Gasteiger partial charge in [0, 0.05) is 94.5 Å². The summed E-state index contributed by atoms with van der Waals surface area (Å²) >= 11 is 0. The molecule has 3 aromatic rings. The van der Waals surface area contributed by atoms with Crippen LogP contribution in [0.5, 0.6) is 5.75 Å². The number of benzene rings is 3. The zero-order valence-electron chi connectivity index (χ0n) is 32.1. The van der Waals surface area contributed by atoms with E-state index in [0.29, 0.717) is 43.2 Å². The summed E-state index contributed by atoms with van der Waals surface area (Å²) in [4.78, 5) is 46.4. The number of phenolic OH excluding ortho intramolecular Hbond substituents is 1. The summed E-state index contributed by atoms with van der Waals surface area (Å²) in [7, 11) is 0. The number of fused-ring (bicyclic) bond motifs is 2. The van der Waals surface area contributed by atoms with Gasteiger partial charge in [0.2, 0.25) is 17.7 Å². The highest BCUT2D eigenvalue weighted by molar-refractivity contribution is 6.05. The predicted molar refractivity (Wildman–Crippen MR) is 211 cm³/mol. The van der Waals surface area contributed by atoms with Crippen LogP contribution in [0.15, 0.2) is 60.7 Å². The molecule has 3 saturated heterocycles. The molecule has 6 aliphatic rings. The number of hydrogen-bond donors (Lipinski definition) is 2. The molecule has 9 rings (SSSR count). The van der Waals surface area contributed by atoms with Crippen molar-refractivity contribution in [3.63, 3.8) is 0 Å². The van der Waals surface area contributed by atoms with Crippen LogP contribution in [0.4, 0.5) is 20.2 Å². The number of aryl methyl sites for hydroxylation is 1. The first kappa shape index (κ1) is 37.1. The van der Waals surface area contributed by atoms with E-state index >= 15 is 0 Å². The van der Waals surface area contributed by atoms with Crippen LogP contribution in [-0.2, 0) is 22.6 Å². The zero-order valence-corrected chi connectivity index (χ0v) is 32.1. The van der Waals surface area contributed by atoms with Crippen molar-refractivity contribution < 1.29 is 28.3 Å². The van der Waals surface area contributed by atoms with Crippen LogP contribution >= 0.6 is 0 Å². The minimum Gasteiger partial charge on any atom is -0.508 e. The number of aromatic hydroxyl groups is 1. The van der Waals surface area contributed by atoms with Crippen LogP contribution in [0.25, 0.3) is 0 Å². The molecule has 56 heavy (non-hydrogen) atoms. The van der Waals surface area contributed by atoms with Gasteiger partial charge in [0.15, 0.2) is 0 Å². The zero-order chi connectivity index (χ0) is 38.6. The van der Waals surface area contributed by atoms with Gasteiger partial charge in [-0.1, -0.05) is 18.2 Å². The molecule has 4 fully saturated rings. The third-order valence-electron chi connectivity index (χ3n) is 14.0. The van der Waals surface area contributed by atoms with Crippen molar-refractivity contribution in [2.75, 3.05) is 55.6 Å². The Balaban J connectivity index is 0.776. The smallest absolute Gasteiger partial charge is 0.255 e. The lowest BCUT2D eigenvalue weighted by molar-refractivity contribution is -0.136. The van der Waals surface area contributed by atoms with Crippen molar-refractivity contribution in [3.8, 4) is 5.75 Å². The van der Waals surface area contributed by atoms with Gasteiger partial charge in [0.25, 0.3) is 5.91 Å². The van der Waals surface area contributed by atoms with E-state index in [9.17, 15) is 28.3 Å². The Bertz CT molecular complexity index is 1960. The minimum atomic E-state index is -2.53. The number of piperidine rings is 2. The maximum Gasteiger partial charge on any atom is 0.255 e. The van der Waals surface area contributed by atoms with Gasteiger partial charge in [-0.2, -0.15) is 0 Å². The van der Waals surface area contributed by atoms with Crippen molar-refractivity contribution in [3.05, 3.63) is 88.5 Å². The lowest BCUT2D eigenvalue weighted by Crippen LogP contribution is -2.52. The summed E-state index contributed by atoms with van der Waals surface area (Å²) in [5.41, 5.74) is 7.62. The monoisotopic (exact) mass is 765 g/mol. The molecule has 3 atom stereocenters. The van der Waals surface area contributed by atoms with Crippen molar-refractivity contribution in [1.29, 1.82) is 0 Å². The fourth-order valence-electron chi connectivity index (χ4n) is 10.8. The highest BCUT2D eigenvalue weighted by Gasteiger charge is 2.43. The van der Waals surface area contributed by atoms with Crippen LogP contribution in [0.1, 0.15) is 96.3 Å². The summed E-state index contributed by atoms with van der Waals surface area (Å²) in [6.45, 7) is 7.39. The van der Waals surface area contributed by atoms with Crippen LogP contribution < -0.4 is 15.1 Å². The van der Waals surface area contributed by atoms with Crippen molar-refractivity contribution in [1.82, 2.24) is 15.1 Å². The van der Waals surface area contributed by atoms with Gasteiger partial charge in [-0.05, 0) is 127 Å². The predicted octanol–water partition coefficient (Wildman–Crippen LogP) is 6.71. The van der Waals surface area contributed by atoms with Gasteiger partial charge in [0.1, 0.15) is 11.8 Å². The summed E-state index contributed by atoms with van der Waals surface area (Å²) in [6, 6.07) is 20.2. The SMILES string of the molecule is O=C1CCC(N2Cc3cc(N4CCN(CC5CCN(c6ccc([C@@H]7c8ccc(O)cc8CC[C@@H]7C7CCC(F)(F)CC7)cc6)CC5)CC4)ccc3C2=O)C(=O)N1. The van der Waals surface area contributed by atoms with E-state index in [-0.39, 0.29) is 54.6 Å². The quantitative estimate of drug-likeness (QED) is 0.258. The molecule has 3 amide bonds. The summed E-state index contributed by atoms with van der Waals surface area (Å²) in [6.07, 6.45) is 5.91. The average molecular weight is 766 g/mol. The highest BCUT2D eigenvalue weighted by atomic mass is 19.3. The fourth-order valence-corrected chi connectivity index (χ4v) is 10.8. The van der Waals surface area contributed by atoms with Crippen LogP contribution in [0.2, 0.25) is 0 Å². The Morgan fingerprint density at radius 3 is 2.18 bits per heavy atom. The molecule has 1 saturated carbocycles. The number of nitrogens with one attached hydrogen (secondary N) is 1. The molecule has 0 bridgehead atoms. The number of hydrogen-bond acceptors (Lipinski definition) is 7. The molecule has 0 aromatic heterocycles. The van der Waals surface area contributed by atoms with Gasteiger partial charge in [-0.15, -0.1) is 0 Å². The second kappa shape index (κ2) is 15.1. The van der Waals surface area contributed by atoms with E-state index in [4.69, 9.17) is 0 Å². The number of anilines is 2. The lowest BCUT2D eigenvalue weighted by Gasteiger charge is -2.42. The number of phenols is 1. The van der Waals surface area contributed by atoms with Crippen molar-refractivity contribution in [2.45, 2.75) is 88.6 Å². The molecule has 11 heteroatoms. The lowest BCUT2D eigenvalue weighted by atomic mass is 9.64. The number of amides is 3. The molecule has 4 aliphatic heterocycles. The van der Waals surface area contributed by atoms with Gasteiger partial charge < -0.3 is 19.8 Å². The summed E-state index contributed by atoms with van der Waals surface area (Å²) in [5.74, 6) is -1.62. The van der Waals surface area contributed by atoms with Gasteiger partial charge in [0.05, 0.1) is 0 Å². The number of halogens is 2. The first-order valence-corrected chi connectivity index (χ1v) is 20.9. The van der Waals surface area contributed by atoms with E-state index in [1.54, 1.807) is 11.0 Å². The van der Waals surface area contributed by atoms with Gasteiger partial charge >= 0.3 is 0 Å². The Kier molecular flexibility index (Phi) is 10.0. The molecule has 0 spiro atoms. The molecule has 3 aromatic carbocycles. The Morgan fingerprint density at radius 1 is 0.732 bits per heavy atom. The summed E-state index contributed by atoms with van der Waals surface area (Å²) in [5, 5.41) is 12.6. The number of rotatable bonds is 7. The number of carbonyl (C=O) groups is 3. The molecule has 296 valence electrons.